The summed E-state index contributed by atoms with van der Waals surface area (Å²) in [4.78, 5) is 4.67. The minimum absolute atomic E-state index is 0.340. The van der Waals surface area contributed by atoms with Crippen LogP contribution in [0.4, 0.5) is 0 Å². The zero-order valence-corrected chi connectivity index (χ0v) is 10.7. The first-order valence-corrected chi connectivity index (χ1v) is 5.85. The summed E-state index contributed by atoms with van der Waals surface area (Å²) in [7, 11) is 0. The molecule has 0 radical (unpaired) electrons. The lowest BCUT2D eigenvalue weighted by Crippen LogP contribution is -1.97. The van der Waals surface area contributed by atoms with Gasteiger partial charge in [0.05, 0.1) is 17.1 Å². The number of aryl methyl sites for hydroxylation is 2. The molecule has 0 unspecified atom stereocenters. The summed E-state index contributed by atoms with van der Waals surface area (Å²) in [5.41, 5.74) is 4.98. The predicted octanol–water partition coefficient (Wildman–Crippen LogP) is 3.85. The Labute approximate surface area is 102 Å². The van der Waals surface area contributed by atoms with E-state index < -0.39 is 0 Å². The van der Waals surface area contributed by atoms with Crippen LogP contribution in [0.5, 0.6) is 0 Å². The second-order valence-corrected chi connectivity index (χ2v) is 4.84. The van der Waals surface area contributed by atoms with E-state index in [1.165, 1.54) is 5.56 Å². The van der Waals surface area contributed by atoms with Crippen LogP contribution in [0.1, 0.15) is 42.1 Å². The van der Waals surface area contributed by atoms with Crippen LogP contribution >= 0.6 is 0 Å². The van der Waals surface area contributed by atoms with Crippen molar-refractivity contribution in [1.82, 2.24) is 4.98 Å². The van der Waals surface area contributed by atoms with Crippen LogP contribution in [0.3, 0.4) is 0 Å². The van der Waals surface area contributed by atoms with Crippen molar-refractivity contribution in [1.29, 1.82) is 5.26 Å². The van der Waals surface area contributed by atoms with Gasteiger partial charge in [-0.3, -0.25) is 4.98 Å². The van der Waals surface area contributed by atoms with Crippen LogP contribution in [0.15, 0.2) is 18.2 Å². The van der Waals surface area contributed by atoms with E-state index in [4.69, 9.17) is 0 Å². The zero-order chi connectivity index (χ0) is 12.6. The molecular weight excluding hydrogens is 208 g/mol. The monoisotopic (exact) mass is 224 g/mol. The first-order chi connectivity index (χ1) is 8.02. The fourth-order valence-electron chi connectivity index (χ4n) is 2.09. The van der Waals surface area contributed by atoms with Crippen LogP contribution in [0.2, 0.25) is 0 Å². The Morgan fingerprint density at radius 1 is 1.18 bits per heavy atom. The lowest BCUT2D eigenvalue weighted by atomic mass is 10.00. The summed E-state index contributed by atoms with van der Waals surface area (Å²) in [5, 5.41) is 10.2. The highest BCUT2D eigenvalue weighted by atomic mass is 14.7. The van der Waals surface area contributed by atoms with Gasteiger partial charge in [0.2, 0.25) is 0 Å². The van der Waals surface area contributed by atoms with Gasteiger partial charge in [0.1, 0.15) is 0 Å². The molecule has 0 bridgehead atoms. The van der Waals surface area contributed by atoms with Crippen LogP contribution in [0, 0.1) is 25.2 Å². The molecule has 86 valence electrons. The van der Waals surface area contributed by atoms with Gasteiger partial charge in [-0.05, 0) is 37.5 Å². The van der Waals surface area contributed by atoms with Crippen LogP contribution in [-0.2, 0) is 0 Å². The minimum Gasteiger partial charge on any atom is -0.252 e. The van der Waals surface area contributed by atoms with Crippen LogP contribution in [-0.4, -0.2) is 4.98 Å². The van der Waals surface area contributed by atoms with E-state index in [-0.39, 0.29) is 0 Å². The highest BCUT2D eigenvalue weighted by molar-refractivity contribution is 5.88. The van der Waals surface area contributed by atoms with Crippen molar-refractivity contribution in [3.05, 3.63) is 40.6 Å². The molecule has 0 amide bonds. The molecule has 0 spiro atoms. The fraction of sp³-hybridized carbons (Fsp3) is 0.333. The van der Waals surface area contributed by atoms with Crippen molar-refractivity contribution < 1.29 is 0 Å². The van der Waals surface area contributed by atoms with Crippen molar-refractivity contribution in [2.75, 3.05) is 0 Å². The molecule has 0 aliphatic rings. The number of nitriles is 1. The van der Waals surface area contributed by atoms with Crippen molar-refractivity contribution in [2.24, 2.45) is 0 Å². The molecule has 2 rings (SSSR count). The third kappa shape index (κ3) is 2.01. The molecule has 1 aromatic carbocycles. The summed E-state index contributed by atoms with van der Waals surface area (Å²) >= 11 is 0. The number of hydrogen-bond acceptors (Lipinski definition) is 2. The lowest BCUT2D eigenvalue weighted by molar-refractivity contribution is 0.829. The van der Waals surface area contributed by atoms with Crippen LogP contribution < -0.4 is 0 Å². The van der Waals surface area contributed by atoms with Gasteiger partial charge in [-0.15, -0.1) is 0 Å². The molecule has 2 aromatic rings. The summed E-state index contributed by atoms with van der Waals surface area (Å²) in [5.74, 6) is 0.340. The van der Waals surface area contributed by atoms with E-state index in [2.05, 4.69) is 31.0 Å². The highest BCUT2D eigenvalue weighted by Gasteiger charge is 2.10. The Bertz CT molecular complexity index is 619. The average Bonchev–Trinajstić information content (AvgIpc) is 2.27. The van der Waals surface area contributed by atoms with E-state index in [1.54, 1.807) is 0 Å². The molecule has 0 atom stereocenters. The lowest BCUT2D eigenvalue weighted by Gasteiger charge is -2.10. The third-order valence-electron chi connectivity index (χ3n) is 2.98. The van der Waals surface area contributed by atoms with Gasteiger partial charge in [-0.1, -0.05) is 25.5 Å². The Hall–Kier alpha value is -1.88. The SMILES string of the molecule is Cc1cc(C)c2nc(C(C)C)cc(C#N)c2c1. The molecule has 0 aliphatic heterocycles. The highest BCUT2D eigenvalue weighted by Crippen LogP contribution is 2.25. The number of benzene rings is 1. The second kappa shape index (κ2) is 4.18. The summed E-state index contributed by atoms with van der Waals surface area (Å²) < 4.78 is 0. The number of pyridine rings is 1. The van der Waals surface area contributed by atoms with E-state index in [9.17, 15) is 5.26 Å². The molecule has 1 aromatic heterocycles. The van der Waals surface area contributed by atoms with Crippen molar-refractivity contribution >= 4 is 10.9 Å². The number of rotatable bonds is 1. The van der Waals surface area contributed by atoms with Gasteiger partial charge in [0, 0.05) is 11.1 Å². The molecule has 0 saturated heterocycles. The molecule has 2 heteroatoms. The molecule has 0 fully saturated rings. The summed E-state index contributed by atoms with van der Waals surface area (Å²) in [6.45, 7) is 8.29. The Morgan fingerprint density at radius 2 is 1.88 bits per heavy atom. The van der Waals surface area contributed by atoms with Crippen molar-refractivity contribution in [2.45, 2.75) is 33.6 Å². The zero-order valence-electron chi connectivity index (χ0n) is 10.7. The van der Waals surface area contributed by atoms with Crippen molar-refractivity contribution in [3.8, 4) is 6.07 Å². The van der Waals surface area contributed by atoms with E-state index in [0.29, 0.717) is 5.92 Å². The molecule has 0 aliphatic carbocycles. The average molecular weight is 224 g/mol. The summed E-state index contributed by atoms with van der Waals surface area (Å²) in [6, 6.07) is 8.34. The van der Waals surface area contributed by atoms with Gasteiger partial charge in [0.15, 0.2) is 0 Å². The smallest absolute Gasteiger partial charge is 0.0999 e. The Balaban J connectivity index is 2.88. The van der Waals surface area contributed by atoms with Gasteiger partial charge in [-0.2, -0.15) is 5.26 Å². The maximum atomic E-state index is 9.25. The second-order valence-electron chi connectivity index (χ2n) is 4.84. The van der Waals surface area contributed by atoms with Crippen LogP contribution in [0.25, 0.3) is 10.9 Å². The fourth-order valence-corrected chi connectivity index (χ4v) is 2.09. The number of hydrogen-bond donors (Lipinski definition) is 0. The van der Waals surface area contributed by atoms with E-state index in [0.717, 1.165) is 27.7 Å². The maximum Gasteiger partial charge on any atom is 0.0999 e. The number of fused-ring (bicyclic) bond motifs is 1. The molecule has 17 heavy (non-hydrogen) atoms. The number of aromatic nitrogens is 1. The van der Waals surface area contributed by atoms with Gasteiger partial charge in [-0.25, -0.2) is 0 Å². The Kier molecular flexibility index (Phi) is 2.85. The Morgan fingerprint density at radius 3 is 2.47 bits per heavy atom. The van der Waals surface area contributed by atoms with E-state index >= 15 is 0 Å². The summed E-state index contributed by atoms with van der Waals surface area (Å²) in [6.07, 6.45) is 0. The van der Waals surface area contributed by atoms with Gasteiger partial charge < -0.3 is 0 Å². The first kappa shape index (κ1) is 11.6. The topological polar surface area (TPSA) is 36.7 Å². The predicted molar refractivity (Wildman–Crippen MR) is 70.0 cm³/mol. The maximum absolute atomic E-state index is 9.25. The minimum atomic E-state index is 0.340. The largest absolute Gasteiger partial charge is 0.252 e. The quantitative estimate of drug-likeness (QED) is 0.737. The normalized spacial score (nSPS) is 10.8. The molecule has 1 heterocycles. The number of nitrogens with zero attached hydrogens (tertiary/aromatic N) is 2. The van der Waals surface area contributed by atoms with Crippen molar-refractivity contribution in [3.63, 3.8) is 0 Å². The van der Waals surface area contributed by atoms with Gasteiger partial charge >= 0.3 is 0 Å². The standard InChI is InChI=1S/C15H16N2/c1-9(2)14-7-12(8-16)13-6-10(3)5-11(4)15(13)17-14/h5-7,9H,1-4H3. The first-order valence-electron chi connectivity index (χ1n) is 5.85. The third-order valence-corrected chi connectivity index (χ3v) is 2.98. The molecule has 0 N–H and O–H groups in total. The molecule has 0 saturated carbocycles. The van der Waals surface area contributed by atoms with Gasteiger partial charge in [0.25, 0.3) is 0 Å². The molecular formula is C15H16N2. The molecule has 2 nitrogen and oxygen atoms in total. The van der Waals surface area contributed by atoms with E-state index in [1.807, 2.05) is 26.0 Å².